The standard InChI is InChI=1S/C10H15F3O2S/c11-10(12,13)7-6-8-2-1-3-9(5-4-8)16(14)15/h6,9H,1-5,7H2,(H,14,15)/p-1/b8-6-. The number of halogens is 3. The van der Waals surface area contributed by atoms with Crippen molar-refractivity contribution in [1.82, 2.24) is 0 Å². The molecule has 6 heteroatoms. The summed E-state index contributed by atoms with van der Waals surface area (Å²) in [6.45, 7) is 0. The van der Waals surface area contributed by atoms with Gasteiger partial charge < -0.3 is 4.55 Å². The highest BCUT2D eigenvalue weighted by Gasteiger charge is 2.25. The molecule has 0 bridgehead atoms. The summed E-state index contributed by atoms with van der Waals surface area (Å²) >= 11 is -2.10. The van der Waals surface area contributed by atoms with Gasteiger partial charge in [-0.1, -0.05) is 22.7 Å². The maximum Gasteiger partial charge on any atom is 0.392 e. The van der Waals surface area contributed by atoms with Gasteiger partial charge >= 0.3 is 6.18 Å². The first-order valence-electron chi connectivity index (χ1n) is 5.21. The molecule has 0 radical (unpaired) electrons. The summed E-state index contributed by atoms with van der Waals surface area (Å²) in [5.74, 6) is 0. The van der Waals surface area contributed by atoms with Crippen molar-refractivity contribution >= 4 is 11.1 Å². The molecule has 16 heavy (non-hydrogen) atoms. The summed E-state index contributed by atoms with van der Waals surface area (Å²) in [6, 6.07) is 0. The Morgan fingerprint density at radius 3 is 2.62 bits per heavy atom. The smallest absolute Gasteiger partial charge is 0.392 e. The molecule has 2 unspecified atom stereocenters. The molecule has 0 aliphatic heterocycles. The van der Waals surface area contributed by atoms with Crippen molar-refractivity contribution in [2.75, 3.05) is 0 Å². The number of rotatable bonds is 2. The highest BCUT2D eigenvalue weighted by Crippen LogP contribution is 2.28. The summed E-state index contributed by atoms with van der Waals surface area (Å²) in [7, 11) is 0. The zero-order valence-corrected chi connectivity index (χ0v) is 9.57. The van der Waals surface area contributed by atoms with Gasteiger partial charge in [0, 0.05) is 5.25 Å². The molecule has 0 N–H and O–H groups in total. The number of hydrogen-bond donors (Lipinski definition) is 0. The van der Waals surface area contributed by atoms with Crippen molar-refractivity contribution < 1.29 is 21.9 Å². The Labute approximate surface area is 95.2 Å². The molecule has 1 saturated carbocycles. The predicted octanol–water partition coefficient (Wildman–Crippen LogP) is 3.08. The Kier molecular flexibility index (Phi) is 4.98. The molecular formula is C10H14F3O2S-. The van der Waals surface area contributed by atoms with Gasteiger partial charge in [-0.15, -0.1) is 0 Å². The SMILES string of the molecule is O=S([O-])C1CCC/C(=C/CC(F)(F)F)CC1. The Morgan fingerprint density at radius 1 is 1.38 bits per heavy atom. The second-order valence-corrected chi connectivity index (χ2v) is 5.18. The number of hydrogen-bond acceptors (Lipinski definition) is 2. The molecule has 1 rings (SSSR count). The van der Waals surface area contributed by atoms with E-state index in [2.05, 4.69) is 0 Å². The highest BCUT2D eigenvalue weighted by molar-refractivity contribution is 7.79. The molecule has 0 amide bonds. The second-order valence-electron chi connectivity index (χ2n) is 4.00. The van der Waals surface area contributed by atoms with Crippen LogP contribution < -0.4 is 0 Å². The van der Waals surface area contributed by atoms with Crippen molar-refractivity contribution in [3.8, 4) is 0 Å². The van der Waals surface area contributed by atoms with Gasteiger partial charge in [0.05, 0.1) is 6.42 Å². The van der Waals surface area contributed by atoms with Gasteiger partial charge in [0.25, 0.3) is 0 Å². The fourth-order valence-electron chi connectivity index (χ4n) is 1.83. The van der Waals surface area contributed by atoms with E-state index in [1.54, 1.807) is 0 Å². The Bertz CT molecular complexity index is 286. The molecule has 0 spiro atoms. The fraction of sp³-hybridized carbons (Fsp3) is 0.800. The van der Waals surface area contributed by atoms with Crippen LogP contribution in [-0.2, 0) is 11.1 Å². The van der Waals surface area contributed by atoms with E-state index in [1.807, 2.05) is 0 Å². The van der Waals surface area contributed by atoms with Gasteiger partial charge in [-0.05, 0) is 32.1 Å². The average molecular weight is 255 g/mol. The van der Waals surface area contributed by atoms with E-state index in [-0.39, 0.29) is 0 Å². The van der Waals surface area contributed by atoms with Gasteiger partial charge in [0.15, 0.2) is 0 Å². The first kappa shape index (κ1) is 13.7. The minimum atomic E-state index is -4.17. The van der Waals surface area contributed by atoms with E-state index in [0.717, 1.165) is 5.57 Å². The maximum atomic E-state index is 12.0. The molecule has 0 aromatic rings. The third-order valence-electron chi connectivity index (χ3n) is 2.71. The predicted molar refractivity (Wildman–Crippen MR) is 54.5 cm³/mol. The lowest BCUT2D eigenvalue weighted by atomic mass is 10.1. The quantitative estimate of drug-likeness (QED) is 0.432. The third-order valence-corrected chi connectivity index (χ3v) is 3.72. The van der Waals surface area contributed by atoms with Crippen LogP contribution in [0.2, 0.25) is 0 Å². The molecule has 0 aromatic heterocycles. The van der Waals surface area contributed by atoms with Crippen LogP contribution in [0.15, 0.2) is 11.6 Å². The molecule has 1 aliphatic carbocycles. The average Bonchev–Trinajstić information content (AvgIpc) is 2.38. The summed E-state index contributed by atoms with van der Waals surface area (Å²) in [4.78, 5) is 0. The molecule has 1 aliphatic rings. The lowest BCUT2D eigenvalue weighted by Crippen LogP contribution is -2.12. The maximum absolute atomic E-state index is 12.0. The van der Waals surface area contributed by atoms with Crippen LogP contribution in [-0.4, -0.2) is 20.2 Å². The van der Waals surface area contributed by atoms with Gasteiger partial charge in [-0.25, -0.2) is 0 Å². The minimum absolute atomic E-state index is 0.392. The van der Waals surface area contributed by atoms with E-state index < -0.39 is 28.9 Å². The number of allylic oxidation sites excluding steroid dienone is 2. The lowest BCUT2D eigenvalue weighted by Gasteiger charge is -2.16. The molecule has 0 saturated heterocycles. The first-order valence-corrected chi connectivity index (χ1v) is 6.35. The van der Waals surface area contributed by atoms with Crippen molar-refractivity contribution in [3.05, 3.63) is 11.6 Å². The number of alkyl halides is 3. The normalized spacial score (nSPS) is 27.8. The second kappa shape index (κ2) is 5.82. The van der Waals surface area contributed by atoms with Crippen LogP contribution in [0.3, 0.4) is 0 Å². The molecule has 2 atom stereocenters. The van der Waals surface area contributed by atoms with Crippen LogP contribution in [0.1, 0.15) is 38.5 Å². The van der Waals surface area contributed by atoms with Gasteiger partial charge in [0.2, 0.25) is 0 Å². The van der Waals surface area contributed by atoms with Crippen molar-refractivity contribution in [1.29, 1.82) is 0 Å². The Morgan fingerprint density at radius 2 is 2.06 bits per heavy atom. The Hall–Kier alpha value is -0.360. The van der Waals surface area contributed by atoms with Crippen LogP contribution in [0.25, 0.3) is 0 Å². The molecule has 94 valence electrons. The summed E-state index contributed by atoms with van der Waals surface area (Å²) in [6.07, 6.45) is -1.16. The highest BCUT2D eigenvalue weighted by atomic mass is 32.2. The van der Waals surface area contributed by atoms with Crippen LogP contribution in [0.4, 0.5) is 13.2 Å². The van der Waals surface area contributed by atoms with Crippen LogP contribution in [0, 0.1) is 0 Å². The van der Waals surface area contributed by atoms with E-state index >= 15 is 0 Å². The first-order chi connectivity index (χ1) is 7.38. The van der Waals surface area contributed by atoms with Gasteiger partial charge in [0.1, 0.15) is 0 Å². The zero-order valence-electron chi connectivity index (χ0n) is 8.76. The molecular weight excluding hydrogens is 241 g/mol. The summed E-state index contributed by atoms with van der Waals surface area (Å²) in [5.41, 5.74) is 0.741. The molecule has 1 fully saturated rings. The molecule has 0 aromatic carbocycles. The van der Waals surface area contributed by atoms with Crippen molar-refractivity contribution in [2.24, 2.45) is 0 Å². The van der Waals surface area contributed by atoms with Gasteiger partial charge in [-0.2, -0.15) is 13.2 Å². The van der Waals surface area contributed by atoms with Crippen LogP contribution in [0.5, 0.6) is 0 Å². The summed E-state index contributed by atoms with van der Waals surface area (Å²) < 4.78 is 57.4. The van der Waals surface area contributed by atoms with Gasteiger partial charge in [-0.3, -0.25) is 4.21 Å². The third kappa shape index (κ3) is 5.12. The Balaban J connectivity index is 2.50. The van der Waals surface area contributed by atoms with Crippen LogP contribution >= 0.6 is 0 Å². The minimum Gasteiger partial charge on any atom is -0.772 e. The molecule has 0 heterocycles. The lowest BCUT2D eigenvalue weighted by molar-refractivity contribution is -0.125. The fourth-order valence-corrected chi connectivity index (χ4v) is 2.50. The topological polar surface area (TPSA) is 40.1 Å². The largest absolute Gasteiger partial charge is 0.772 e. The monoisotopic (exact) mass is 255 g/mol. The molecule has 2 nitrogen and oxygen atoms in total. The van der Waals surface area contributed by atoms with E-state index in [4.69, 9.17) is 0 Å². The summed E-state index contributed by atoms with van der Waals surface area (Å²) in [5, 5.41) is -0.392. The van der Waals surface area contributed by atoms with Crippen molar-refractivity contribution in [3.63, 3.8) is 0 Å². The van der Waals surface area contributed by atoms with Crippen molar-refractivity contribution in [2.45, 2.75) is 50.0 Å². The zero-order chi connectivity index (χ0) is 12.2. The van der Waals surface area contributed by atoms with E-state index in [1.165, 1.54) is 6.08 Å². The van der Waals surface area contributed by atoms with E-state index in [9.17, 15) is 21.9 Å². The van der Waals surface area contributed by atoms with E-state index in [0.29, 0.717) is 32.1 Å².